The van der Waals surface area contributed by atoms with Gasteiger partial charge < -0.3 is 33.9 Å². The molecule has 234 valence electrons. The van der Waals surface area contributed by atoms with Gasteiger partial charge in [0.25, 0.3) is 0 Å². The summed E-state index contributed by atoms with van der Waals surface area (Å²) in [7, 11) is 1.14. The van der Waals surface area contributed by atoms with Crippen molar-refractivity contribution in [1.82, 2.24) is 0 Å². The van der Waals surface area contributed by atoms with Crippen LogP contribution in [0.5, 0.6) is 0 Å². The molecule has 11 nitrogen and oxygen atoms in total. The molecule has 2 N–H and O–H groups in total. The van der Waals surface area contributed by atoms with E-state index in [-0.39, 0.29) is 30.9 Å². The molecule has 0 radical (unpaired) electrons. The SMILES string of the molecule is COC(=O)O[C@@]12CO[C@@H]1C[C@H](O)[C@@]1(C)C(=O)[C@H](OC(C)=O)C3=C(C)[C@@H](C)C[C@@](O)([C@@H](OC(=O)c4ccccc4)C12)C3(C)C. The zero-order chi connectivity index (χ0) is 31.7. The summed E-state index contributed by atoms with van der Waals surface area (Å²) in [5, 5.41) is 24.8. The van der Waals surface area contributed by atoms with Crippen molar-refractivity contribution in [1.29, 1.82) is 0 Å². The van der Waals surface area contributed by atoms with Crippen molar-refractivity contribution >= 4 is 23.9 Å². The van der Waals surface area contributed by atoms with Gasteiger partial charge in [0.05, 0.1) is 36.7 Å². The summed E-state index contributed by atoms with van der Waals surface area (Å²) >= 11 is 0. The maximum atomic E-state index is 14.9. The summed E-state index contributed by atoms with van der Waals surface area (Å²) in [6.07, 6.45) is -6.37. The standard InChI is InChI=1S/C32H40O11/c1-16-14-32(38)26(42-27(36)19-11-9-8-10-12-19)24-30(6,20(34)13-21-31(24,15-40-21)43-28(37)39-7)25(35)23(41-18(3)33)22(17(16)2)29(32,4)5/h8-12,16,20-21,23-24,26,34,38H,13-15H2,1-7H3/t16-,20-,21+,23+,24?,26-,30+,31-,32+/m0/s1. The number of ketones is 1. The van der Waals surface area contributed by atoms with Gasteiger partial charge in [0.15, 0.2) is 17.5 Å². The molecular formula is C32H40O11. The van der Waals surface area contributed by atoms with Crippen LogP contribution >= 0.6 is 0 Å². The van der Waals surface area contributed by atoms with Crippen LogP contribution in [0.2, 0.25) is 0 Å². The van der Waals surface area contributed by atoms with E-state index in [0.29, 0.717) is 5.57 Å². The molecule has 1 unspecified atom stereocenters. The van der Waals surface area contributed by atoms with Crippen LogP contribution in [0.3, 0.4) is 0 Å². The van der Waals surface area contributed by atoms with Crippen molar-refractivity contribution in [2.45, 2.75) is 90.0 Å². The van der Waals surface area contributed by atoms with Crippen LogP contribution in [-0.4, -0.2) is 83.4 Å². The Labute approximate surface area is 250 Å². The Kier molecular flexibility index (Phi) is 7.55. The molecule has 4 aliphatic rings. The van der Waals surface area contributed by atoms with E-state index in [1.165, 1.54) is 13.8 Å². The molecular weight excluding hydrogens is 560 g/mol. The minimum absolute atomic E-state index is 0.0888. The fourth-order valence-corrected chi connectivity index (χ4v) is 8.09. The lowest BCUT2D eigenvalue weighted by atomic mass is 9.44. The van der Waals surface area contributed by atoms with Crippen LogP contribution in [-0.2, 0) is 33.3 Å². The molecule has 3 fully saturated rings. The molecule has 1 saturated heterocycles. The molecule has 1 aliphatic heterocycles. The normalized spacial score (nSPS) is 39.6. The van der Waals surface area contributed by atoms with Crippen molar-refractivity contribution in [2.24, 2.45) is 22.7 Å². The number of hydrogen-bond acceptors (Lipinski definition) is 11. The fourth-order valence-electron chi connectivity index (χ4n) is 8.09. The Morgan fingerprint density at radius 1 is 1.07 bits per heavy atom. The number of fused-ring (bicyclic) bond motifs is 5. The summed E-state index contributed by atoms with van der Waals surface area (Å²) in [4.78, 5) is 53.9. The average Bonchev–Trinajstić information content (AvgIpc) is 2.95. The largest absolute Gasteiger partial charge is 0.508 e. The number of hydrogen-bond donors (Lipinski definition) is 2. The number of allylic oxidation sites excluding steroid dienone is 1. The number of aliphatic hydroxyl groups is 2. The first kappa shape index (κ1) is 31.2. The Morgan fingerprint density at radius 3 is 2.28 bits per heavy atom. The van der Waals surface area contributed by atoms with Gasteiger partial charge in [0, 0.05) is 18.8 Å². The lowest BCUT2D eigenvalue weighted by Crippen LogP contribution is -2.81. The quantitative estimate of drug-likeness (QED) is 0.297. The van der Waals surface area contributed by atoms with E-state index in [1.54, 1.807) is 44.2 Å². The van der Waals surface area contributed by atoms with E-state index in [0.717, 1.165) is 12.7 Å². The number of Topliss-reactive ketones (excluding diaryl/α,β-unsaturated/α-hetero) is 1. The first-order valence-electron chi connectivity index (χ1n) is 14.5. The second kappa shape index (κ2) is 10.4. The van der Waals surface area contributed by atoms with Gasteiger partial charge in [-0.25, -0.2) is 9.59 Å². The van der Waals surface area contributed by atoms with E-state index in [4.69, 9.17) is 23.7 Å². The van der Waals surface area contributed by atoms with Crippen LogP contribution in [0.15, 0.2) is 41.5 Å². The number of esters is 2. The third-order valence-electron chi connectivity index (χ3n) is 10.7. The van der Waals surface area contributed by atoms with Gasteiger partial charge >= 0.3 is 18.1 Å². The van der Waals surface area contributed by atoms with E-state index in [1.807, 2.05) is 13.8 Å². The van der Waals surface area contributed by atoms with Crippen LogP contribution in [0.1, 0.15) is 64.7 Å². The molecule has 2 saturated carbocycles. The van der Waals surface area contributed by atoms with Gasteiger partial charge in [-0.1, -0.05) is 44.5 Å². The topological polar surface area (TPSA) is 155 Å². The van der Waals surface area contributed by atoms with E-state index in [9.17, 15) is 29.4 Å². The molecule has 1 aromatic carbocycles. The number of methoxy groups -OCH3 is 1. The van der Waals surface area contributed by atoms with Gasteiger partial charge in [-0.15, -0.1) is 0 Å². The zero-order valence-corrected chi connectivity index (χ0v) is 25.5. The summed E-state index contributed by atoms with van der Waals surface area (Å²) in [5.41, 5.74) is -5.36. The number of carbonyl (C=O) groups excluding carboxylic acids is 4. The molecule has 1 heterocycles. The molecule has 0 spiro atoms. The highest BCUT2D eigenvalue weighted by molar-refractivity contribution is 5.95. The van der Waals surface area contributed by atoms with Gasteiger partial charge in [0.2, 0.25) is 0 Å². The summed E-state index contributed by atoms with van der Waals surface area (Å²) < 4.78 is 28.6. The molecule has 3 aliphatic carbocycles. The number of carbonyl (C=O) groups is 4. The maximum Gasteiger partial charge on any atom is 0.508 e. The van der Waals surface area contributed by atoms with Crippen LogP contribution in [0, 0.1) is 22.7 Å². The summed E-state index contributed by atoms with van der Waals surface area (Å²) in [5.74, 6) is -3.82. The first-order chi connectivity index (χ1) is 20.1. The van der Waals surface area contributed by atoms with E-state index >= 15 is 0 Å². The molecule has 0 amide bonds. The van der Waals surface area contributed by atoms with Gasteiger partial charge in [0.1, 0.15) is 17.8 Å². The lowest BCUT2D eigenvalue weighted by Gasteiger charge is -2.67. The lowest BCUT2D eigenvalue weighted by molar-refractivity contribution is -0.343. The fraction of sp³-hybridized carbons (Fsp3) is 0.625. The highest BCUT2D eigenvalue weighted by Gasteiger charge is 2.78. The van der Waals surface area contributed by atoms with Crippen molar-refractivity contribution in [2.75, 3.05) is 13.7 Å². The molecule has 2 bridgehead atoms. The molecule has 1 aromatic rings. The highest BCUT2D eigenvalue weighted by atomic mass is 16.8. The summed E-state index contributed by atoms with van der Waals surface area (Å²) in [6, 6.07) is 8.20. The molecule has 5 rings (SSSR count). The second-order valence-corrected chi connectivity index (χ2v) is 13.1. The Hall–Kier alpha value is -3.28. The van der Waals surface area contributed by atoms with Crippen LogP contribution < -0.4 is 0 Å². The van der Waals surface area contributed by atoms with Gasteiger partial charge in [-0.2, -0.15) is 0 Å². The first-order valence-corrected chi connectivity index (χ1v) is 14.5. The van der Waals surface area contributed by atoms with E-state index < -0.39 is 76.2 Å². The van der Waals surface area contributed by atoms with Gasteiger partial charge in [-0.3, -0.25) is 9.59 Å². The van der Waals surface area contributed by atoms with Gasteiger partial charge in [-0.05, 0) is 43.9 Å². The van der Waals surface area contributed by atoms with E-state index in [2.05, 4.69) is 0 Å². The molecule has 9 atom stereocenters. The van der Waals surface area contributed by atoms with Crippen molar-refractivity contribution in [3.05, 3.63) is 47.0 Å². The predicted octanol–water partition coefficient (Wildman–Crippen LogP) is 3.15. The number of aliphatic hydroxyl groups excluding tert-OH is 1. The second-order valence-electron chi connectivity index (χ2n) is 13.1. The minimum atomic E-state index is -1.90. The van der Waals surface area contributed by atoms with Crippen molar-refractivity contribution in [3.63, 3.8) is 0 Å². The average molecular weight is 601 g/mol. The molecule has 0 aromatic heterocycles. The van der Waals surface area contributed by atoms with Crippen LogP contribution in [0.4, 0.5) is 4.79 Å². The van der Waals surface area contributed by atoms with Crippen LogP contribution in [0.25, 0.3) is 0 Å². The zero-order valence-electron chi connectivity index (χ0n) is 25.5. The number of ether oxygens (including phenoxy) is 5. The monoisotopic (exact) mass is 600 g/mol. The molecule has 11 heteroatoms. The smallest absolute Gasteiger partial charge is 0.455 e. The number of benzene rings is 1. The summed E-state index contributed by atoms with van der Waals surface area (Å²) in [6.45, 7) is 9.59. The maximum absolute atomic E-state index is 14.9. The third-order valence-corrected chi connectivity index (χ3v) is 10.7. The Morgan fingerprint density at radius 2 is 1.72 bits per heavy atom. The van der Waals surface area contributed by atoms with Crippen molar-refractivity contribution in [3.8, 4) is 0 Å². The predicted molar refractivity (Wildman–Crippen MR) is 150 cm³/mol. The third kappa shape index (κ3) is 4.34. The highest BCUT2D eigenvalue weighted by Crippen LogP contribution is 2.64. The number of rotatable bonds is 4. The Bertz CT molecular complexity index is 1370. The minimum Gasteiger partial charge on any atom is -0.455 e. The molecule has 43 heavy (non-hydrogen) atoms. The van der Waals surface area contributed by atoms with Crippen molar-refractivity contribution < 1.29 is 53.1 Å². The Balaban J connectivity index is 1.84.